The number of hydrogen-bond acceptors (Lipinski definition) is 6. The Morgan fingerprint density at radius 1 is 1.09 bits per heavy atom. The summed E-state index contributed by atoms with van der Waals surface area (Å²) in [5, 5.41) is 0.486. The molecule has 1 aliphatic rings. The summed E-state index contributed by atoms with van der Waals surface area (Å²) in [5.74, 6) is 1.04. The van der Waals surface area contributed by atoms with E-state index in [1.165, 1.54) is 0 Å². The third-order valence-electron chi connectivity index (χ3n) is 5.93. The van der Waals surface area contributed by atoms with Crippen molar-refractivity contribution in [3.63, 3.8) is 0 Å². The number of nitrogens with zero attached hydrogens (tertiary/aromatic N) is 2. The van der Waals surface area contributed by atoms with Crippen LogP contribution in [0.2, 0.25) is 0 Å². The Morgan fingerprint density at radius 2 is 1.88 bits per heavy atom. The number of rotatable bonds is 8. The van der Waals surface area contributed by atoms with E-state index in [0.29, 0.717) is 41.2 Å². The van der Waals surface area contributed by atoms with Crippen LogP contribution in [0.5, 0.6) is 11.5 Å². The van der Waals surface area contributed by atoms with Gasteiger partial charge in [0.2, 0.25) is 5.76 Å². The van der Waals surface area contributed by atoms with Crippen LogP contribution in [0.25, 0.3) is 11.0 Å². The van der Waals surface area contributed by atoms with Gasteiger partial charge in [-0.2, -0.15) is 0 Å². The summed E-state index contributed by atoms with van der Waals surface area (Å²) >= 11 is 0. The van der Waals surface area contributed by atoms with E-state index < -0.39 is 6.04 Å². The Labute approximate surface area is 193 Å². The molecule has 0 unspecified atom stereocenters. The van der Waals surface area contributed by atoms with E-state index >= 15 is 0 Å². The van der Waals surface area contributed by atoms with Gasteiger partial charge in [-0.3, -0.25) is 9.59 Å². The maximum Gasteiger partial charge on any atom is 0.290 e. The Morgan fingerprint density at radius 3 is 2.58 bits per heavy atom. The molecule has 0 saturated heterocycles. The van der Waals surface area contributed by atoms with E-state index in [1.54, 1.807) is 18.1 Å². The Kier molecular flexibility index (Phi) is 6.42. The van der Waals surface area contributed by atoms with Crippen molar-refractivity contribution in [1.29, 1.82) is 0 Å². The van der Waals surface area contributed by atoms with E-state index in [0.717, 1.165) is 24.1 Å². The number of amides is 1. The minimum Gasteiger partial charge on any atom is -0.493 e. The fraction of sp³-hybridized carbons (Fsp3) is 0.385. The second kappa shape index (κ2) is 9.27. The highest BCUT2D eigenvalue weighted by Gasteiger charge is 2.42. The molecule has 1 aliphatic heterocycles. The van der Waals surface area contributed by atoms with Crippen molar-refractivity contribution in [2.75, 3.05) is 40.9 Å². The number of fused-ring (bicyclic) bond motifs is 2. The maximum atomic E-state index is 13.7. The summed E-state index contributed by atoms with van der Waals surface area (Å²) in [7, 11) is 5.57. The van der Waals surface area contributed by atoms with Crippen molar-refractivity contribution < 1.29 is 18.7 Å². The van der Waals surface area contributed by atoms with Crippen LogP contribution in [0.4, 0.5) is 0 Å². The van der Waals surface area contributed by atoms with Crippen LogP contribution in [-0.4, -0.2) is 56.6 Å². The normalized spacial score (nSPS) is 15.4. The molecule has 33 heavy (non-hydrogen) atoms. The van der Waals surface area contributed by atoms with Crippen molar-refractivity contribution in [2.24, 2.45) is 0 Å². The first-order valence-electron chi connectivity index (χ1n) is 11.2. The maximum absolute atomic E-state index is 13.7. The van der Waals surface area contributed by atoms with Crippen molar-refractivity contribution >= 4 is 16.9 Å². The molecule has 0 spiro atoms. The number of benzene rings is 2. The first-order valence-corrected chi connectivity index (χ1v) is 11.2. The van der Waals surface area contributed by atoms with Crippen LogP contribution >= 0.6 is 0 Å². The summed E-state index contributed by atoms with van der Waals surface area (Å²) in [5.41, 5.74) is 2.38. The monoisotopic (exact) mass is 450 g/mol. The molecule has 1 aromatic heterocycles. The number of aryl methyl sites for hydroxylation is 1. The molecule has 0 N–H and O–H groups in total. The van der Waals surface area contributed by atoms with Gasteiger partial charge < -0.3 is 23.7 Å². The molecule has 2 aromatic carbocycles. The Balaban J connectivity index is 1.88. The van der Waals surface area contributed by atoms with Gasteiger partial charge in [-0.05, 0) is 70.7 Å². The predicted octanol–water partition coefficient (Wildman–Crippen LogP) is 4.01. The molecular formula is C26H30N2O5. The van der Waals surface area contributed by atoms with Crippen LogP contribution in [0.3, 0.4) is 0 Å². The minimum absolute atomic E-state index is 0.124. The molecule has 0 saturated carbocycles. The molecule has 174 valence electrons. The zero-order valence-electron chi connectivity index (χ0n) is 19.8. The Hall–Kier alpha value is -3.32. The topological polar surface area (TPSA) is 72.2 Å². The SMILES string of the molecule is CCOc1ccc([C@H]2c3c(oc4ccc(C)cc4c3=O)C(=O)N2CCCN(C)C)cc1OC. The first kappa shape index (κ1) is 22.9. The van der Waals surface area contributed by atoms with E-state index in [-0.39, 0.29) is 17.1 Å². The number of methoxy groups -OCH3 is 1. The van der Waals surface area contributed by atoms with Crippen molar-refractivity contribution in [2.45, 2.75) is 26.3 Å². The summed E-state index contributed by atoms with van der Waals surface area (Å²) in [6, 6.07) is 10.4. The molecule has 3 aromatic rings. The molecule has 0 bridgehead atoms. The molecule has 0 fully saturated rings. The van der Waals surface area contributed by atoms with Gasteiger partial charge in [0.1, 0.15) is 5.58 Å². The van der Waals surface area contributed by atoms with Gasteiger partial charge in [0.05, 0.1) is 30.7 Å². The van der Waals surface area contributed by atoms with E-state index in [2.05, 4.69) is 4.90 Å². The second-order valence-corrected chi connectivity index (χ2v) is 8.57. The van der Waals surface area contributed by atoms with Crippen LogP contribution in [0.1, 0.15) is 46.6 Å². The summed E-state index contributed by atoms with van der Waals surface area (Å²) in [6.07, 6.45) is 0.768. The summed E-state index contributed by atoms with van der Waals surface area (Å²) in [6.45, 7) is 5.66. The molecule has 4 rings (SSSR count). The minimum atomic E-state index is -0.555. The fourth-order valence-electron chi connectivity index (χ4n) is 4.40. The van der Waals surface area contributed by atoms with E-state index in [9.17, 15) is 9.59 Å². The molecule has 7 heteroatoms. The lowest BCUT2D eigenvalue weighted by atomic mass is 9.97. The lowest BCUT2D eigenvalue weighted by Crippen LogP contribution is -2.32. The molecule has 1 amide bonds. The van der Waals surface area contributed by atoms with Gasteiger partial charge in [0.15, 0.2) is 16.9 Å². The van der Waals surface area contributed by atoms with Crippen LogP contribution < -0.4 is 14.9 Å². The molecule has 2 heterocycles. The van der Waals surface area contributed by atoms with Gasteiger partial charge in [0, 0.05) is 6.54 Å². The molecular weight excluding hydrogens is 420 g/mol. The molecule has 0 aliphatic carbocycles. The average Bonchev–Trinajstić information content (AvgIpc) is 3.06. The summed E-state index contributed by atoms with van der Waals surface area (Å²) in [4.78, 5) is 30.9. The quantitative estimate of drug-likeness (QED) is 0.517. The number of carbonyl (C=O) groups excluding carboxylic acids is 1. The fourth-order valence-corrected chi connectivity index (χ4v) is 4.40. The molecule has 0 radical (unpaired) electrons. The third-order valence-corrected chi connectivity index (χ3v) is 5.93. The van der Waals surface area contributed by atoms with Crippen molar-refractivity contribution in [3.8, 4) is 11.5 Å². The van der Waals surface area contributed by atoms with E-state index in [4.69, 9.17) is 13.9 Å². The van der Waals surface area contributed by atoms with Crippen LogP contribution in [0, 0.1) is 6.92 Å². The lowest BCUT2D eigenvalue weighted by molar-refractivity contribution is 0.0722. The van der Waals surface area contributed by atoms with Crippen LogP contribution in [0.15, 0.2) is 45.6 Å². The second-order valence-electron chi connectivity index (χ2n) is 8.57. The predicted molar refractivity (Wildman–Crippen MR) is 127 cm³/mol. The largest absolute Gasteiger partial charge is 0.493 e. The zero-order chi connectivity index (χ0) is 23.7. The highest BCUT2D eigenvalue weighted by Crippen LogP contribution is 2.41. The van der Waals surface area contributed by atoms with Gasteiger partial charge in [-0.1, -0.05) is 17.7 Å². The van der Waals surface area contributed by atoms with Gasteiger partial charge in [0.25, 0.3) is 5.91 Å². The highest BCUT2D eigenvalue weighted by molar-refractivity contribution is 5.99. The Bertz CT molecular complexity index is 1250. The van der Waals surface area contributed by atoms with Crippen LogP contribution in [-0.2, 0) is 0 Å². The standard InChI is InChI=1S/C26H30N2O5/c1-6-32-20-11-9-17(15-21(20)31-5)23-22-24(29)18-14-16(2)8-10-19(18)33-25(22)26(30)28(23)13-7-12-27(3)4/h8-11,14-15,23H,6-7,12-13H2,1-5H3/t23-/m0/s1. The first-order chi connectivity index (χ1) is 15.8. The van der Waals surface area contributed by atoms with Gasteiger partial charge in [-0.15, -0.1) is 0 Å². The average molecular weight is 451 g/mol. The zero-order valence-corrected chi connectivity index (χ0v) is 19.8. The number of hydrogen-bond donors (Lipinski definition) is 0. The smallest absolute Gasteiger partial charge is 0.290 e. The summed E-state index contributed by atoms with van der Waals surface area (Å²) < 4.78 is 17.2. The number of carbonyl (C=O) groups is 1. The lowest BCUT2D eigenvalue weighted by Gasteiger charge is -2.26. The van der Waals surface area contributed by atoms with Gasteiger partial charge in [-0.25, -0.2) is 0 Å². The molecule has 1 atom stereocenters. The van der Waals surface area contributed by atoms with Crippen molar-refractivity contribution in [3.05, 3.63) is 69.1 Å². The third kappa shape index (κ3) is 4.20. The van der Waals surface area contributed by atoms with E-state index in [1.807, 2.05) is 58.3 Å². The van der Waals surface area contributed by atoms with Crippen molar-refractivity contribution in [1.82, 2.24) is 9.80 Å². The highest BCUT2D eigenvalue weighted by atomic mass is 16.5. The van der Waals surface area contributed by atoms with Gasteiger partial charge >= 0.3 is 0 Å². The molecule has 7 nitrogen and oxygen atoms in total. The number of ether oxygens (including phenoxy) is 2.